The SMILES string of the molecule is O=C(NC1CCC(N2CC(F)(F)CC2=O)CC1)c1nc(-n2ccnc2)nc2c1CCC2. The average Bonchev–Trinajstić information content (AvgIpc) is 3.47. The summed E-state index contributed by atoms with van der Waals surface area (Å²) in [6.07, 6.45) is 9.32. The van der Waals surface area contributed by atoms with Crippen LogP contribution >= 0.6 is 0 Å². The maximum absolute atomic E-state index is 13.5. The molecule has 2 aromatic heterocycles. The third kappa shape index (κ3) is 3.90. The van der Waals surface area contributed by atoms with E-state index in [1.54, 1.807) is 23.3 Å². The highest BCUT2D eigenvalue weighted by atomic mass is 19.3. The Balaban J connectivity index is 1.26. The van der Waals surface area contributed by atoms with Crippen LogP contribution < -0.4 is 5.32 Å². The standard InChI is InChI=1S/C21H24F2N6O2/c22-21(23)10-17(30)29(11-21)14-6-4-13(5-7-14)25-19(31)18-15-2-1-3-16(15)26-20(27-18)28-9-8-24-12-28/h8-9,12-14H,1-7,10-11H2,(H,25,31). The normalized spacial score (nSPS) is 25.0. The van der Waals surface area contributed by atoms with E-state index in [1.807, 2.05) is 0 Å². The summed E-state index contributed by atoms with van der Waals surface area (Å²) in [5, 5.41) is 3.07. The Morgan fingerprint density at radius 2 is 1.97 bits per heavy atom. The number of aromatic nitrogens is 4. The highest BCUT2D eigenvalue weighted by Crippen LogP contribution is 2.34. The molecule has 1 saturated heterocycles. The first kappa shape index (κ1) is 20.0. The number of rotatable bonds is 4. The predicted octanol–water partition coefficient (Wildman–Crippen LogP) is 2.06. The molecule has 3 heterocycles. The molecule has 0 atom stereocenters. The third-order valence-electron chi connectivity index (χ3n) is 6.48. The molecule has 1 aliphatic heterocycles. The van der Waals surface area contributed by atoms with Crippen molar-refractivity contribution in [2.45, 2.75) is 69.4 Å². The predicted molar refractivity (Wildman–Crippen MR) is 106 cm³/mol. The van der Waals surface area contributed by atoms with Crippen LogP contribution in [0.4, 0.5) is 8.78 Å². The van der Waals surface area contributed by atoms with Gasteiger partial charge >= 0.3 is 0 Å². The molecular formula is C21H24F2N6O2. The van der Waals surface area contributed by atoms with E-state index in [0.717, 1.165) is 30.5 Å². The fourth-order valence-corrected chi connectivity index (χ4v) is 4.93. The molecule has 5 rings (SSSR count). The molecule has 0 unspecified atom stereocenters. The van der Waals surface area contributed by atoms with Gasteiger partial charge in [-0.05, 0) is 44.9 Å². The van der Waals surface area contributed by atoms with Gasteiger partial charge in [0.2, 0.25) is 11.9 Å². The van der Waals surface area contributed by atoms with Crippen molar-refractivity contribution in [2.75, 3.05) is 6.54 Å². The smallest absolute Gasteiger partial charge is 0.274 e. The lowest BCUT2D eigenvalue weighted by atomic mass is 9.90. The first-order chi connectivity index (χ1) is 14.9. The Morgan fingerprint density at radius 3 is 2.65 bits per heavy atom. The van der Waals surface area contributed by atoms with Gasteiger partial charge in [0.25, 0.3) is 11.8 Å². The molecule has 2 fully saturated rings. The number of amides is 2. The number of carbonyl (C=O) groups is 2. The van der Waals surface area contributed by atoms with E-state index in [9.17, 15) is 18.4 Å². The summed E-state index contributed by atoms with van der Waals surface area (Å²) in [6.45, 7) is -0.488. The monoisotopic (exact) mass is 430 g/mol. The fourth-order valence-electron chi connectivity index (χ4n) is 4.93. The molecular weight excluding hydrogens is 406 g/mol. The van der Waals surface area contributed by atoms with E-state index in [2.05, 4.69) is 20.3 Å². The Kier molecular flexibility index (Phi) is 4.94. The minimum absolute atomic E-state index is 0.0642. The third-order valence-corrected chi connectivity index (χ3v) is 6.48. The molecule has 1 N–H and O–H groups in total. The average molecular weight is 430 g/mol. The zero-order valence-corrected chi connectivity index (χ0v) is 17.1. The van der Waals surface area contributed by atoms with Crippen LogP contribution in [0.3, 0.4) is 0 Å². The maximum Gasteiger partial charge on any atom is 0.274 e. The van der Waals surface area contributed by atoms with Crippen LogP contribution in [0.15, 0.2) is 18.7 Å². The number of nitrogens with one attached hydrogen (secondary N) is 1. The zero-order valence-electron chi connectivity index (χ0n) is 17.1. The van der Waals surface area contributed by atoms with Crippen molar-refractivity contribution < 1.29 is 18.4 Å². The van der Waals surface area contributed by atoms with Crippen molar-refractivity contribution in [3.05, 3.63) is 35.7 Å². The summed E-state index contributed by atoms with van der Waals surface area (Å²) in [5.74, 6) is -3.20. The van der Waals surface area contributed by atoms with Crippen molar-refractivity contribution in [3.63, 3.8) is 0 Å². The van der Waals surface area contributed by atoms with Crippen LogP contribution in [0, 0.1) is 0 Å². The second kappa shape index (κ2) is 7.65. The van der Waals surface area contributed by atoms with Crippen molar-refractivity contribution >= 4 is 11.8 Å². The Labute approximate surface area is 178 Å². The molecule has 2 aliphatic carbocycles. The molecule has 1 saturated carbocycles. The van der Waals surface area contributed by atoms with Gasteiger partial charge in [0.15, 0.2) is 0 Å². The van der Waals surface area contributed by atoms with E-state index in [-0.39, 0.29) is 18.0 Å². The van der Waals surface area contributed by atoms with Crippen LogP contribution in [0.1, 0.15) is 60.3 Å². The lowest BCUT2D eigenvalue weighted by Gasteiger charge is -2.34. The van der Waals surface area contributed by atoms with Gasteiger partial charge in [-0.25, -0.2) is 23.7 Å². The number of nitrogens with zero attached hydrogens (tertiary/aromatic N) is 5. The number of halogens is 2. The topological polar surface area (TPSA) is 93.0 Å². The molecule has 0 bridgehead atoms. The number of aryl methyl sites for hydroxylation is 1. The highest BCUT2D eigenvalue weighted by Gasteiger charge is 2.46. The molecule has 164 valence electrons. The second-order valence-electron chi connectivity index (χ2n) is 8.65. The van der Waals surface area contributed by atoms with E-state index < -0.39 is 24.8 Å². The summed E-state index contributed by atoms with van der Waals surface area (Å²) in [6, 6.07) is -0.240. The van der Waals surface area contributed by atoms with Gasteiger partial charge in [0, 0.05) is 35.7 Å². The molecule has 10 heteroatoms. The van der Waals surface area contributed by atoms with Crippen molar-refractivity contribution in [2.24, 2.45) is 0 Å². The molecule has 31 heavy (non-hydrogen) atoms. The number of carbonyl (C=O) groups excluding carboxylic acids is 2. The summed E-state index contributed by atoms with van der Waals surface area (Å²) in [5.41, 5.74) is 2.21. The van der Waals surface area contributed by atoms with Crippen LogP contribution in [-0.2, 0) is 17.6 Å². The van der Waals surface area contributed by atoms with Gasteiger partial charge in [-0.2, -0.15) is 0 Å². The van der Waals surface area contributed by atoms with E-state index in [4.69, 9.17) is 0 Å². The molecule has 8 nitrogen and oxygen atoms in total. The lowest BCUT2D eigenvalue weighted by Crippen LogP contribution is -2.45. The molecule has 0 spiro atoms. The Hall–Kier alpha value is -2.91. The van der Waals surface area contributed by atoms with E-state index in [0.29, 0.717) is 37.3 Å². The second-order valence-corrected chi connectivity index (χ2v) is 8.65. The van der Waals surface area contributed by atoms with Gasteiger partial charge in [0.1, 0.15) is 12.0 Å². The minimum atomic E-state index is -2.93. The number of hydrogen-bond acceptors (Lipinski definition) is 5. The molecule has 2 aromatic rings. The van der Waals surface area contributed by atoms with Gasteiger partial charge in [-0.15, -0.1) is 0 Å². The maximum atomic E-state index is 13.5. The van der Waals surface area contributed by atoms with Crippen LogP contribution in [0.5, 0.6) is 0 Å². The zero-order chi connectivity index (χ0) is 21.6. The summed E-state index contributed by atoms with van der Waals surface area (Å²) >= 11 is 0. The molecule has 3 aliphatic rings. The number of likely N-dealkylation sites (tertiary alicyclic amines) is 1. The fraction of sp³-hybridized carbons (Fsp3) is 0.571. The highest BCUT2D eigenvalue weighted by molar-refractivity contribution is 5.94. The minimum Gasteiger partial charge on any atom is -0.348 e. The summed E-state index contributed by atoms with van der Waals surface area (Å²) < 4.78 is 28.8. The van der Waals surface area contributed by atoms with Crippen molar-refractivity contribution in [1.82, 2.24) is 29.7 Å². The quantitative estimate of drug-likeness (QED) is 0.802. The molecule has 0 radical (unpaired) electrons. The Bertz CT molecular complexity index is 1000. The van der Waals surface area contributed by atoms with E-state index in [1.165, 1.54) is 4.90 Å². The first-order valence-corrected chi connectivity index (χ1v) is 10.8. The van der Waals surface area contributed by atoms with Crippen LogP contribution in [0.25, 0.3) is 5.95 Å². The number of hydrogen-bond donors (Lipinski definition) is 1. The molecule has 2 amide bonds. The number of fused-ring (bicyclic) bond motifs is 1. The van der Waals surface area contributed by atoms with Crippen LogP contribution in [0.2, 0.25) is 0 Å². The van der Waals surface area contributed by atoms with Crippen molar-refractivity contribution in [3.8, 4) is 5.95 Å². The largest absolute Gasteiger partial charge is 0.348 e. The molecule has 0 aromatic carbocycles. The summed E-state index contributed by atoms with van der Waals surface area (Å²) in [4.78, 5) is 39.5. The lowest BCUT2D eigenvalue weighted by molar-refractivity contribution is -0.130. The number of alkyl halides is 2. The van der Waals surface area contributed by atoms with E-state index >= 15 is 0 Å². The first-order valence-electron chi connectivity index (χ1n) is 10.8. The number of imidazole rings is 1. The Morgan fingerprint density at radius 1 is 1.16 bits per heavy atom. The van der Waals surface area contributed by atoms with Gasteiger partial charge in [0.05, 0.1) is 13.0 Å². The van der Waals surface area contributed by atoms with Gasteiger partial charge in [-0.1, -0.05) is 0 Å². The van der Waals surface area contributed by atoms with Crippen molar-refractivity contribution in [1.29, 1.82) is 0 Å². The van der Waals surface area contributed by atoms with Gasteiger partial charge < -0.3 is 10.2 Å². The van der Waals surface area contributed by atoms with Gasteiger partial charge in [-0.3, -0.25) is 14.2 Å². The summed E-state index contributed by atoms with van der Waals surface area (Å²) in [7, 11) is 0. The van der Waals surface area contributed by atoms with Crippen LogP contribution in [-0.4, -0.2) is 60.8 Å².